The normalized spacial score (nSPS) is 11.5. The van der Waals surface area contributed by atoms with Crippen molar-refractivity contribution in [3.63, 3.8) is 0 Å². The summed E-state index contributed by atoms with van der Waals surface area (Å²) < 4.78 is 5.83. The van der Waals surface area contributed by atoms with Crippen molar-refractivity contribution in [3.8, 4) is 5.88 Å². The van der Waals surface area contributed by atoms with Gasteiger partial charge in [-0.05, 0) is 50.2 Å². The molecule has 3 rings (SSSR count). The van der Waals surface area contributed by atoms with E-state index in [1.807, 2.05) is 30.3 Å². The number of fused-ring (bicyclic) bond motifs is 2. The molecule has 0 aliphatic heterocycles. The van der Waals surface area contributed by atoms with E-state index in [1.165, 1.54) is 0 Å². The van der Waals surface area contributed by atoms with Crippen LogP contribution >= 0.6 is 23.2 Å². The molecular formula is C23H30Cl2N4O. The number of unbranched alkanes of at least 4 members (excludes halogenated alkanes) is 1. The van der Waals surface area contributed by atoms with Crippen molar-refractivity contribution in [2.24, 2.45) is 0 Å². The maximum absolute atomic E-state index is 6.21. The van der Waals surface area contributed by atoms with E-state index in [4.69, 9.17) is 37.9 Å². The number of alkyl halides is 1. The van der Waals surface area contributed by atoms with Gasteiger partial charge in [0.2, 0.25) is 5.88 Å². The van der Waals surface area contributed by atoms with Gasteiger partial charge in [-0.1, -0.05) is 31.9 Å². The first-order chi connectivity index (χ1) is 14.7. The van der Waals surface area contributed by atoms with Gasteiger partial charge in [0.05, 0.1) is 23.3 Å². The highest BCUT2D eigenvalue weighted by atomic mass is 35.5. The molecule has 5 nitrogen and oxygen atoms in total. The van der Waals surface area contributed by atoms with E-state index in [0.717, 1.165) is 73.1 Å². The molecule has 162 valence electrons. The zero-order chi connectivity index (χ0) is 21.3. The SMILES string of the molecule is CCCCOc1ccc2nc3cc(Cl)ccc3c(NCCCN(CC)CCCl)c2n1. The molecule has 0 atom stereocenters. The lowest BCUT2D eigenvalue weighted by atomic mass is 10.1. The van der Waals surface area contributed by atoms with Crippen LogP contribution in [0.1, 0.15) is 33.1 Å². The van der Waals surface area contributed by atoms with Crippen LogP contribution in [0.4, 0.5) is 5.69 Å². The van der Waals surface area contributed by atoms with Crippen LogP contribution in [0.15, 0.2) is 30.3 Å². The Morgan fingerprint density at radius 2 is 1.90 bits per heavy atom. The van der Waals surface area contributed by atoms with E-state index in [9.17, 15) is 0 Å². The highest BCUT2D eigenvalue weighted by molar-refractivity contribution is 6.31. The van der Waals surface area contributed by atoms with Crippen LogP contribution in [-0.2, 0) is 0 Å². The first kappa shape index (κ1) is 22.9. The summed E-state index contributed by atoms with van der Waals surface area (Å²) in [6.45, 7) is 8.73. The van der Waals surface area contributed by atoms with Crippen molar-refractivity contribution in [2.45, 2.75) is 33.1 Å². The fourth-order valence-electron chi connectivity index (χ4n) is 3.42. The Balaban J connectivity index is 1.87. The summed E-state index contributed by atoms with van der Waals surface area (Å²) in [5.74, 6) is 1.29. The van der Waals surface area contributed by atoms with Crippen LogP contribution in [0.25, 0.3) is 21.9 Å². The van der Waals surface area contributed by atoms with Gasteiger partial charge in [0.15, 0.2) is 0 Å². The van der Waals surface area contributed by atoms with Crippen molar-refractivity contribution in [2.75, 3.05) is 44.0 Å². The number of rotatable bonds is 12. The standard InChI is InChI=1S/C23H30Cl2N4O/c1-3-5-15-30-21-10-9-19-23(28-21)22(18-8-7-17(25)16-20(18)27-19)26-12-6-13-29(4-2)14-11-24/h7-10,16H,3-6,11-15H2,1-2H3,(H,26,27). The molecule has 1 N–H and O–H groups in total. The third-order valence-electron chi connectivity index (χ3n) is 5.10. The first-order valence-corrected chi connectivity index (χ1v) is 11.6. The molecule has 0 unspecified atom stereocenters. The summed E-state index contributed by atoms with van der Waals surface area (Å²) in [4.78, 5) is 11.9. The monoisotopic (exact) mass is 448 g/mol. The van der Waals surface area contributed by atoms with Crippen LogP contribution in [0.5, 0.6) is 5.88 Å². The Kier molecular flexibility index (Phi) is 8.79. The van der Waals surface area contributed by atoms with Crippen LogP contribution < -0.4 is 10.1 Å². The number of ether oxygens (including phenoxy) is 1. The zero-order valence-corrected chi connectivity index (χ0v) is 19.3. The second-order valence-electron chi connectivity index (χ2n) is 7.27. The molecule has 0 radical (unpaired) electrons. The molecule has 30 heavy (non-hydrogen) atoms. The third kappa shape index (κ3) is 5.87. The molecule has 2 heterocycles. The van der Waals surface area contributed by atoms with Gasteiger partial charge in [-0.25, -0.2) is 9.97 Å². The number of hydrogen-bond donors (Lipinski definition) is 1. The van der Waals surface area contributed by atoms with E-state index in [0.29, 0.717) is 23.4 Å². The molecule has 0 aliphatic carbocycles. The van der Waals surface area contributed by atoms with Crippen LogP contribution in [0, 0.1) is 0 Å². The van der Waals surface area contributed by atoms with Gasteiger partial charge in [-0.15, -0.1) is 11.6 Å². The van der Waals surface area contributed by atoms with E-state index in [-0.39, 0.29) is 0 Å². The van der Waals surface area contributed by atoms with Crippen LogP contribution in [-0.4, -0.2) is 53.5 Å². The molecule has 0 aliphatic rings. The summed E-state index contributed by atoms with van der Waals surface area (Å²) in [5, 5.41) is 5.29. The molecular weight excluding hydrogens is 419 g/mol. The maximum atomic E-state index is 6.21. The second-order valence-corrected chi connectivity index (χ2v) is 8.09. The highest BCUT2D eigenvalue weighted by Crippen LogP contribution is 2.32. The minimum atomic E-state index is 0.633. The Hall–Kier alpha value is -1.82. The zero-order valence-electron chi connectivity index (χ0n) is 17.8. The minimum Gasteiger partial charge on any atom is -0.478 e. The Bertz CT molecular complexity index is 967. The molecule has 1 aromatic carbocycles. The van der Waals surface area contributed by atoms with E-state index in [2.05, 4.69) is 24.1 Å². The minimum absolute atomic E-state index is 0.633. The Labute approximate surface area is 188 Å². The average Bonchev–Trinajstić information content (AvgIpc) is 2.75. The van der Waals surface area contributed by atoms with Crippen LogP contribution in [0.3, 0.4) is 0 Å². The summed E-state index contributed by atoms with van der Waals surface area (Å²) in [7, 11) is 0. The van der Waals surface area contributed by atoms with Crippen LogP contribution in [0.2, 0.25) is 5.02 Å². The largest absolute Gasteiger partial charge is 0.478 e. The number of hydrogen-bond acceptors (Lipinski definition) is 5. The number of nitrogens with zero attached hydrogens (tertiary/aromatic N) is 3. The number of aromatic nitrogens is 2. The van der Waals surface area contributed by atoms with Gasteiger partial charge in [0.1, 0.15) is 5.52 Å². The molecule has 0 amide bonds. The van der Waals surface area contributed by atoms with Gasteiger partial charge < -0.3 is 15.0 Å². The average molecular weight is 449 g/mol. The van der Waals surface area contributed by atoms with Gasteiger partial charge in [-0.3, -0.25) is 0 Å². The molecule has 0 saturated heterocycles. The molecule has 0 saturated carbocycles. The fraction of sp³-hybridized carbons (Fsp3) is 0.478. The summed E-state index contributed by atoms with van der Waals surface area (Å²) in [5.41, 5.74) is 3.49. The lowest BCUT2D eigenvalue weighted by Crippen LogP contribution is -2.27. The summed E-state index contributed by atoms with van der Waals surface area (Å²) in [6, 6.07) is 9.64. The number of anilines is 1. The van der Waals surface area contributed by atoms with Gasteiger partial charge in [-0.2, -0.15) is 0 Å². The predicted octanol–water partition coefficient (Wildman–Crippen LogP) is 5.98. The summed E-state index contributed by atoms with van der Waals surface area (Å²) >= 11 is 12.1. The van der Waals surface area contributed by atoms with Crippen molar-refractivity contribution in [1.82, 2.24) is 14.9 Å². The lowest BCUT2D eigenvalue weighted by Gasteiger charge is -2.19. The smallest absolute Gasteiger partial charge is 0.213 e. The molecule has 0 bridgehead atoms. The van der Waals surface area contributed by atoms with E-state index in [1.54, 1.807) is 0 Å². The second kappa shape index (κ2) is 11.5. The van der Waals surface area contributed by atoms with Gasteiger partial charge in [0, 0.05) is 35.4 Å². The van der Waals surface area contributed by atoms with Gasteiger partial charge >= 0.3 is 0 Å². The fourth-order valence-corrected chi connectivity index (χ4v) is 3.82. The number of pyridine rings is 2. The molecule has 2 aromatic heterocycles. The Morgan fingerprint density at radius 1 is 1.03 bits per heavy atom. The van der Waals surface area contributed by atoms with E-state index >= 15 is 0 Å². The quantitative estimate of drug-likeness (QED) is 0.210. The van der Waals surface area contributed by atoms with Crippen molar-refractivity contribution in [3.05, 3.63) is 35.4 Å². The summed E-state index contributed by atoms with van der Waals surface area (Å²) in [6.07, 6.45) is 3.11. The topological polar surface area (TPSA) is 50.3 Å². The van der Waals surface area contributed by atoms with E-state index < -0.39 is 0 Å². The highest BCUT2D eigenvalue weighted by Gasteiger charge is 2.12. The first-order valence-electron chi connectivity index (χ1n) is 10.7. The maximum Gasteiger partial charge on any atom is 0.213 e. The van der Waals surface area contributed by atoms with Crippen molar-refractivity contribution < 1.29 is 4.74 Å². The van der Waals surface area contributed by atoms with Crippen molar-refractivity contribution >= 4 is 50.8 Å². The lowest BCUT2D eigenvalue weighted by molar-refractivity contribution is 0.299. The molecule has 0 fully saturated rings. The van der Waals surface area contributed by atoms with Crippen molar-refractivity contribution in [1.29, 1.82) is 0 Å². The number of nitrogens with one attached hydrogen (secondary N) is 1. The molecule has 3 aromatic rings. The number of benzene rings is 1. The third-order valence-corrected chi connectivity index (χ3v) is 5.51. The predicted molar refractivity (Wildman–Crippen MR) is 128 cm³/mol. The molecule has 0 spiro atoms. The number of halogens is 2. The molecule has 7 heteroatoms. The van der Waals surface area contributed by atoms with Gasteiger partial charge in [0.25, 0.3) is 0 Å². The Morgan fingerprint density at radius 3 is 2.67 bits per heavy atom.